The molecule has 1 rings (SSSR count). The average Bonchev–Trinajstić information content (AvgIpc) is 2.27. The van der Waals surface area contributed by atoms with Gasteiger partial charge in [-0.3, -0.25) is 0 Å². The van der Waals surface area contributed by atoms with Gasteiger partial charge >= 0.3 is 0 Å². The third-order valence-electron chi connectivity index (χ3n) is 2.61. The Morgan fingerprint density at radius 2 is 2.19 bits per heavy atom. The Labute approximate surface area is 98.2 Å². The molecule has 0 aromatic heterocycles. The number of hydrogen-bond acceptors (Lipinski definition) is 4. The molecular weight excluding hydrogens is 228 g/mol. The summed E-state index contributed by atoms with van der Waals surface area (Å²) in [4.78, 5) is 0. The Morgan fingerprint density at radius 3 is 2.75 bits per heavy atom. The molecule has 0 amide bonds. The van der Waals surface area contributed by atoms with Crippen LogP contribution in [-0.4, -0.2) is 56.9 Å². The smallest absolute Gasteiger partial charge is 0.213 e. The van der Waals surface area contributed by atoms with Crippen molar-refractivity contribution in [1.29, 1.82) is 0 Å². The fourth-order valence-electron chi connectivity index (χ4n) is 1.62. The molecule has 6 heteroatoms. The molecule has 1 N–H and O–H groups in total. The Kier molecular flexibility index (Phi) is 5.17. The Hall–Kier alpha value is -0.170. The Bertz CT molecular complexity index is 303. The van der Waals surface area contributed by atoms with Crippen LogP contribution in [0.15, 0.2) is 0 Å². The number of ether oxygens (including phenoxy) is 1. The van der Waals surface area contributed by atoms with Crippen LogP contribution in [0.1, 0.15) is 20.8 Å². The van der Waals surface area contributed by atoms with Crippen LogP contribution in [0.2, 0.25) is 0 Å². The van der Waals surface area contributed by atoms with E-state index >= 15 is 0 Å². The number of morpholine rings is 1. The molecule has 0 spiro atoms. The fourth-order valence-corrected chi connectivity index (χ4v) is 2.73. The highest BCUT2D eigenvalue weighted by molar-refractivity contribution is 7.89. The van der Waals surface area contributed by atoms with Gasteiger partial charge in [0, 0.05) is 25.7 Å². The molecule has 0 bridgehead atoms. The minimum atomic E-state index is -3.07. The van der Waals surface area contributed by atoms with Crippen molar-refractivity contribution in [2.45, 2.75) is 32.9 Å². The van der Waals surface area contributed by atoms with Crippen molar-refractivity contribution in [3.05, 3.63) is 0 Å². The predicted molar refractivity (Wildman–Crippen MR) is 63.9 cm³/mol. The molecule has 1 aliphatic rings. The van der Waals surface area contributed by atoms with Crippen molar-refractivity contribution in [1.82, 2.24) is 9.62 Å². The van der Waals surface area contributed by atoms with Crippen molar-refractivity contribution in [3.63, 3.8) is 0 Å². The topological polar surface area (TPSA) is 58.6 Å². The van der Waals surface area contributed by atoms with Crippen molar-refractivity contribution in [3.8, 4) is 0 Å². The Balaban J connectivity index is 2.47. The van der Waals surface area contributed by atoms with Crippen molar-refractivity contribution in [2.75, 3.05) is 32.0 Å². The molecule has 5 nitrogen and oxygen atoms in total. The first kappa shape index (κ1) is 13.9. The highest BCUT2D eigenvalue weighted by Crippen LogP contribution is 2.10. The van der Waals surface area contributed by atoms with E-state index in [0.717, 1.165) is 0 Å². The lowest BCUT2D eigenvalue weighted by atomic mass is 10.3. The lowest BCUT2D eigenvalue weighted by Gasteiger charge is -2.32. The predicted octanol–water partition coefficient (Wildman–Crippen LogP) is 0.0349. The van der Waals surface area contributed by atoms with E-state index in [2.05, 4.69) is 19.2 Å². The first-order chi connectivity index (χ1) is 7.45. The normalized spacial score (nSPS) is 23.9. The van der Waals surface area contributed by atoms with Gasteiger partial charge in [-0.15, -0.1) is 0 Å². The van der Waals surface area contributed by atoms with Crippen LogP contribution in [0.25, 0.3) is 0 Å². The fraction of sp³-hybridized carbons (Fsp3) is 1.00. The third-order valence-corrected chi connectivity index (χ3v) is 4.46. The highest BCUT2D eigenvalue weighted by Gasteiger charge is 2.27. The van der Waals surface area contributed by atoms with Gasteiger partial charge in [0.15, 0.2) is 0 Å². The van der Waals surface area contributed by atoms with Crippen LogP contribution in [0, 0.1) is 0 Å². The summed E-state index contributed by atoms with van der Waals surface area (Å²) >= 11 is 0. The average molecular weight is 250 g/mol. The zero-order chi connectivity index (χ0) is 12.2. The van der Waals surface area contributed by atoms with Gasteiger partial charge in [-0.2, -0.15) is 4.31 Å². The number of hydrogen-bond donors (Lipinski definition) is 1. The molecule has 0 radical (unpaired) electrons. The van der Waals surface area contributed by atoms with Gasteiger partial charge < -0.3 is 10.1 Å². The molecule has 1 atom stereocenters. The molecule has 96 valence electrons. The van der Waals surface area contributed by atoms with Crippen LogP contribution < -0.4 is 5.32 Å². The van der Waals surface area contributed by atoms with Gasteiger partial charge in [0.05, 0.1) is 18.5 Å². The van der Waals surface area contributed by atoms with E-state index < -0.39 is 10.0 Å². The van der Waals surface area contributed by atoms with Crippen LogP contribution >= 0.6 is 0 Å². The zero-order valence-corrected chi connectivity index (χ0v) is 11.1. The molecule has 0 aliphatic carbocycles. The maximum absolute atomic E-state index is 11.7. The van der Waals surface area contributed by atoms with E-state index in [0.29, 0.717) is 32.3 Å². The van der Waals surface area contributed by atoms with E-state index in [4.69, 9.17) is 4.74 Å². The van der Waals surface area contributed by atoms with Crippen LogP contribution in [-0.2, 0) is 14.8 Å². The molecule has 1 aliphatic heterocycles. The van der Waals surface area contributed by atoms with Crippen molar-refractivity contribution >= 4 is 10.0 Å². The van der Waals surface area contributed by atoms with E-state index in [-0.39, 0.29) is 11.9 Å². The van der Waals surface area contributed by atoms with E-state index in [1.807, 2.05) is 0 Å². The van der Waals surface area contributed by atoms with Gasteiger partial charge in [0.2, 0.25) is 10.0 Å². The maximum atomic E-state index is 11.7. The van der Waals surface area contributed by atoms with Gasteiger partial charge in [-0.1, -0.05) is 13.8 Å². The minimum absolute atomic E-state index is 0.0301. The lowest BCUT2D eigenvalue weighted by Crippen LogP contribution is -2.49. The second-order valence-corrected chi connectivity index (χ2v) is 6.57. The summed E-state index contributed by atoms with van der Waals surface area (Å²) in [6.07, 6.45) is -0.0301. The molecule has 1 heterocycles. The summed E-state index contributed by atoms with van der Waals surface area (Å²) in [5.41, 5.74) is 0. The second kappa shape index (κ2) is 5.95. The first-order valence-corrected chi connectivity index (χ1v) is 7.39. The van der Waals surface area contributed by atoms with Crippen molar-refractivity contribution in [2.24, 2.45) is 0 Å². The first-order valence-electron chi connectivity index (χ1n) is 5.78. The standard InChI is InChI=1S/C10H22N2O3S/c1-4-16(13,14)12-5-6-15-10(8-12)7-11-9(2)3/h9-11H,4-8H2,1-3H3. The van der Waals surface area contributed by atoms with Gasteiger partial charge in [0.25, 0.3) is 0 Å². The van der Waals surface area contributed by atoms with Crippen molar-refractivity contribution < 1.29 is 13.2 Å². The second-order valence-electron chi connectivity index (χ2n) is 4.31. The molecular formula is C10H22N2O3S. The summed E-state index contributed by atoms with van der Waals surface area (Å²) in [6.45, 7) is 7.93. The summed E-state index contributed by atoms with van der Waals surface area (Å²) < 4.78 is 30.4. The maximum Gasteiger partial charge on any atom is 0.213 e. The van der Waals surface area contributed by atoms with Crippen LogP contribution in [0.3, 0.4) is 0 Å². The molecule has 1 saturated heterocycles. The largest absolute Gasteiger partial charge is 0.374 e. The zero-order valence-electron chi connectivity index (χ0n) is 10.3. The molecule has 0 saturated carbocycles. The van der Waals surface area contributed by atoms with E-state index in [1.54, 1.807) is 6.92 Å². The monoisotopic (exact) mass is 250 g/mol. The summed E-state index contributed by atoms with van der Waals surface area (Å²) in [5, 5.41) is 3.26. The van der Waals surface area contributed by atoms with Gasteiger partial charge in [0.1, 0.15) is 0 Å². The van der Waals surface area contributed by atoms with E-state index in [9.17, 15) is 8.42 Å². The highest BCUT2D eigenvalue weighted by atomic mass is 32.2. The number of sulfonamides is 1. The molecule has 16 heavy (non-hydrogen) atoms. The summed E-state index contributed by atoms with van der Waals surface area (Å²) in [5.74, 6) is 0.164. The summed E-state index contributed by atoms with van der Waals surface area (Å²) in [7, 11) is -3.07. The SMILES string of the molecule is CCS(=O)(=O)N1CCOC(CNC(C)C)C1. The summed E-state index contributed by atoms with van der Waals surface area (Å²) in [6, 6.07) is 0.391. The van der Waals surface area contributed by atoms with Crippen LogP contribution in [0.4, 0.5) is 0 Å². The number of rotatable bonds is 5. The van der Waals surface area contributed by atoms with Gasteiger partial charge in [-0.25, -0.2) is 8.42 Å². The molecule has 0 aromatic carbocycles. The molecule has 1 fully saturated rings. The lowest BCUT2D eigenvalue weighted by molar-refractivity contribution is -0.000972. The van der Waals surface area contributed by atoms with Crippen LogP contribution in [0.5, 0.6) is 0 Å². The quantitative estimate of drug-likeness (QED) is 0.748. The number of nitrogens with one attached hydrogen (secondary N) is 1. The molecule has 1 unspecified atom stereocenters. The minimum Gasteiger partial charge on any atom is -0.374 e. The van der Waals surface area contributed by atoms with E-state index in [1.165, 1.54) is 4.31 Å². The number of nitrogens with zero attached hydrogens (tertiary/aromatic N) is 1. The molecule has 0 aromatic rings. The van der Waals surface area contributed by atoms with Gasteiger partial charge in [-0.05, 0) is 6.92 Å². The third kappa shape index (κ3) is 4.01. The Morgan fingerprint density at radius 1 is 1.50 bits per heavy atom.